The number of anilines is 1. The normalized spacial score (nSPS) is 11.2. The molecule has 0 radical (unpaired) electrons. The minimum absolute atomic E-state index is 0.0547. The number of hydrogen-bond donors (Lipinski definition) is 3. The summed E-state index contributed by atoms with van der Waals surface area (Å²) in [6.07, 6.45) is 13.2. The molecule has 172 valence electrons. The number of carboxylic acid groups (broad SMARTS) is 1. The smallest absolute Gasteiger partial charge is 0.341 e. The molecule has 2 rings (SSSR count). The first-order valence-corrected chi connectivity index (χ1v) is 11.4. The third-order valence-electron chi connectivity index (χ3n) is 5.58. The number of halogens is 1. The minimum Gasteiger partial charge on any atom is -0.477 e. The number of aromatic carboxylic acids is 1. The molecule has 0 aliphatic rings. The number of benzene rings is 1. The number of unbranched alkanes of at least 4 members (excludes halogenated alkanes) is 9. The fourth-order valence-corrected chi connectivity index (χ4v) is 3.84. The van der Waals surface area contributed by atoms with Gasteiger partial charge in [-0.05, 0) is 18.6 Å². The highest BCUT2D eigenvalue weighted by Crippen LogP contribution is 2.22. The number of aliphatic hydroxyl groups excluding tert-OH is 1. The maximum Gasteiger partial charge on any atom is 0.341 e. The van der Waals surface area contributed by atoms with Crippen molar-refractivity contribution in [1.29, 1.82) is 0 Å². The van der Waals surface area contributed by atoms with Crippen LogP contribution in [0.15, 0.2) is 23.1 Å². The summed E-state index contributed by atoms with van der Waals surface area (Å²) >= 11 is 0. The van der Waals surface area contributed by atoms with E-state index < -0.39 is 17.2 Å². The summed E-state index contributed by atoms with van der Waals surface area (Å²) in [7, 11) is 0. The van der Waals surface area contributed by atoms with Crippen LogP contribution in [0.1, 0.15) is 81.5 Å². The Balaban J connectivity index is 2.06. The summed E-state index contributed by atoms with van der Waals surface area (Å²) in [6, 6.07) is 2.60. The zero-order valence-electron chi connectivity index (χ0n) is 18.5. The van der Waals surface area contributed by atoms with Crippen LogP contribution in [0.2, 0.25) is 0 Å². The summed E-state index contributed by atoms with van der Waals surface area (Å²) in [5, 5.41) is 21.2. The SMILES string of the molecule is CCCCCCCCCCCCn1cc(C(=O)O)c(=O)c2cc(F)c(NCCO)cc21. The maximum atomic E-state index is 14.4. The van der Waals surface area contributed by atoms with Gasteiger partial charge in [-0.3, -0.25) is 4.79 Å². The maximum absolute atomic E-state index is 14.4. The molecule has 0 unspecified atom stereocenters. The molecule has 31 heavy (non-hydrogen) atoms. The summed E-state index contributed by atoms with van der Waals surface area (Å²) < 4.78 is 16.1. The van der Waals surface area contributed by atoms with E-state index in [0.717, 1.165) is 25.3 Å². The zero-order chi connectivity index (χ0) is 22.6. The molecule has 0 bridgehead atoms. The predicted molar refractivity (Wildman–Crippen MR) is 123 cm³/mol. The first-order chi connectivity index (χ1) is 15.0. The number of aryl methyl sites for hydroxylation is 1. The number of fused-ring (bicyclic) bond motifs is 1. The van der Waals surface area contributed by atoms with Crippen LogP contribution >= 0.6 is 0 Å². The van der Waals surface area contributed by atoms with Crippen LogP contribution in [-0.4, -0.2) is 33.9 Å². The number of nitrogens with zero attached hydrogens (tertiary/aromatic N) is 1. The molecule has 1 aromatic heterocycles. The molecule has 0 saturated carbocycles. The minimum atomic E-state index is -1.31. The van der Waals surface area contributed by atoms with Gasteiger partial charge in [0.1, 0.15) is 11.4 Å². The van der Waals surface area contributed by atoms with Gasteiger partial charge in [-0.2, -0.15) is 0 Å². The van der Waals surface area contributed by atoms with Gasteiger partial charge in [0.25, 0.3) is 0 Å². The first kappa shape index (κ1) is 24.9. The van der Waals surface area contributed by atoms with E-state index in [1.165, 1.54) is 57.2 Å². The predicted octanol–water partition coefficient (Wildman–Crippen LogP) is 5.16. The summed E-state index contributed by atoms with van der Waals surface area (Å²) in [5.74, 6) is -1.96. The summed E-state index contributed by atoms with van der Waals surface area (Å²) in [4.78, 5) is 24.0. The van der Waals surface area contributed by atoms with E-state index in [9.17, 15) is 19.1 Å². The average molecular weight is 435 g/mol. The Bertz CT molecular complexity index is 911. The second-order valence-electron chi connectivity index (χ2n) is 8.05. The Morgan fingerprint density at radius 1 is 1.03 bits per heavy atom. The van der Waals surface area contributed by atoms with Crippen LogP contribution in [0.3, 0.4) is 0 Å². The second-order valence-corrected chi connectivity index (χ2v) is 8.05. The molecule has 7 heteroatoms. The van der Waals surface area contributed by atoms with Crippen molar-refractivity contribution in [2.24, 2.45) is 0 Å². The monoisotopic (exact) mass is 434 g/mol. The van der Waals surface area contributed by atoms with Gasteiger partial charge in [0.2, 0.25) is 5.43 Å². The Morgan fingerprint density at radius 2 is 1.65 bits per heavy atom. The fourth-order valence-electron chi connectivity index (χ4n) is 3.84. The molecule has 1 heterocycles. The number of pyridine rings is 1. The van der Waals surface area contributed by atoms with Gasteiger partial charge in [0.15, 0.2) is 0 Å². The van der Waals surface area contributed by atoms with Crippen molar-refractivity contribution in [2.45, 2.75) is 77.7 Å². The van der Waals surface area contributed by atoms with Gasteiger partial charge in [0.05, 0.1) is 17.8 Å². The van der Waals surface area contributed by atoms with E-state index in [1.54, 1.807) is 4.57 Å². The lowest BCUT2D eigenvalue weighted by Crippen LogP contribution is -2.19. The molecule has 6 nitrogen and oxygen atoms in total. The molecule has 3 N–H and O–H groups in total. The van der Waals surface area contributed by atoms with E-state index in [2.05, 4.69) is 12.2 Å². The first-order valence-electron chi connectivity index (χ1n) is 11.4. The quantitative estimate of drug-likeness (QED) is 0.337. The van der Waals surface area contributed by atoms with Crippen molar-refractivity contribution in [3.05, 3.63) is 39.9 Å². The van der Waals surface area contributed by atoms with Gasteiger partial charge in [-0.1, -0.05) is 64.7 Å². The van der Waals surface area contributed by atoms with Crippen molar-refractivity contribution in [3.8, 4) is 0 Å². The lowest BCUT2D eigenvalue weighted by Gasteiger charge is -2.15. The van der Waals surface area contributed by atoms with Crippen molar-refractivity contribution in [1.82, 2.24) is 4.57 Å². The highest BCUT2D eigenvalue weighted by Gasteiger charge is 2.17. The van der Waals surface area contributed by atoms with Gasteiger partial charge < -0.3 is 20.1 Å². The van der Waals surface area contributed by atoms with E-state index in [0.29, 0.717) is 12.1 Å². The molecular weight excluding hydrogens is 399 g/mol. The number of aliphatic hydroxyl groups is 1. The number of carboxylic acids is 1. The third-order valence-corrected chi connectivity index (χ3v) is 5.58. The Kier molecular flexibility index (Phi) is 10.5. The molecule has 0 aliphatic heterocycles. The van der Waals surface area contributed by atoms with Crippen LogP contribution < -0.4 is 10.7 Å². The zero-order valence-corrected chi connectivity index (χ0v) is 18.5. The van der Waals surface area contributed by atoms with E-state index >= 15 is 0 Å². The molecule has 0 amide bonds. The Morgan fingerprint density at radius 3 is 2.23 bits per heavy atom. The number of nitrogens with one attached hydrogen (secondary N) is 1. The molecule has 0 fully saturated rings. The molecule has 0 aliphatic carbocycles. The standard InChI is InChI=1S/C24H35FN2O4/c1-2-3-4-5-6-7-8-9-10-11-13-27-17-19(24(30)31)23(29)18-15-20(25)21(16-22(18)27)26-12-14-28/h15-17,26,28H,2-14H2,1H3,(H,30,31). The van der Waals surface area contributed by atoms with E-state index in [4.69, 9.17) is 5.11 Å². The fraction of sp³-hybridized carbons (Fsp3) is 0.583. The van der Waals surface area contributed by atoms with Gasteiger partial charge in [-0.15, -0.1) is 0 Å². The van der Waals surface area contributed by atoms with Gasteiger partial charge >= 0.3 is 5.97 Å². The topological polar surface area (TPSA) is 91.6 Å². The summed E-state index contributed by atoms with van der Waals surface area (Å²) in [6.45, 7) is 2.80. The number of hydrogen-bond acceptors (Lipinski definition) is 4. The summed E-state index contributed by atoms with van der Waals surface area (Å²) in [5.41, 5.74) is -0.363. The molecule has 1 aromatic carbocycles. The Hall–Kier alpha value is -2.41. The van der Waals surface area contributed by atoms with E-state index in [-0.39, 0.29) is 29.8 Å². The molecule has 0 saturated heterocycles. The lowest BCUT2D eigenvalue weighted by atomic mass is 10.1. The van der Waals surface area contributed by atoms with Crippen LogP contribution in [0.4, 0.5) is 10.1 Å². The molecule has 2 aromatic rings. The van der Waals surface area contributed by atoms with Crippen molar-refractivity contribution < 1.29 is 19.4 Å². The number of rotatable bonds is 15. The van der Waals surface area contributed by atoms with Crippen molar-refractivity contribution in [3.63, 3.8) is 0 Å². The van der Waals surface area contributed by atoms with Crippen LogP contribution in [0.5, 0.6) is 0 Å². The molecule has 0 spiro atoms. The largest absolute Gasteiger partial charge is 0.477 e. The van der Waals surface area contributed by atoms with Crippen molar-refractivity contribution >= 4 is 22.6 Å². The average Bonchev–Trinajstić information content (AvgIpc) is 2.75. The number of carbonyl (C=O) groups is 1. The molecular formula is C24H35FN2O4. The van der Waals surface area contributed by atoms with Crippen LogP contribution in [-0.2, 0) is 6.54 Å². The Labute approximate surface area is 183 Å². The second kappa shape index (κ2) is 13.1. The van der Waals surface area contributed by atoms with Crippen molar-refractivity contribution in [2.75, 3.05) is 18.5 Å². The van der Waals surface area contributed by atoms with Gasteiger partial charge in [-0.25, -0.2) is 9.18 Å². The van der Waals surface area contributed by atoms with Crippen LogP contribution in [0, 0.1) is 5.82 Å². The third kappa shape index (κ3) is 7.35. The highest BCUT2D eigenvalue weighted by atomic mass is 19.1. The van der Waals surface area contributed by atoms with Gasteiger partial charge in [0, 0.05) is 24.7 Å². The van der Waals surface area contributed by atoms with Crippen LogP contribution in [0.25, 0.3) is 10.9 Å². The molecule has 0 atom stereocenters. The lowest BCUT2D eigenvalue weighted by molar-refractivity contribution is 0.0694. The van der Waals surface area contributed by atoms with E-state index in [1.807, 2.05) is 0 Å². The number of aromatic nitrogens is 1. The highest BCUT2D eigenvalue weighted by molar-refractivity contribution is 5.93.